The van der Waals surface area contributed by atoms with Gasteiger partial charge in [-0.05, 0) is 74.3 Å². The molecule has 2 aliphatic rings. The Morgan fingerprint density at radius 2 is 1.93 bits per heavy atom. The molecule has 162 valence electrons. The first-order valence-electron chi connectivity index (χ1n) is 10.7. The topological polar surface area (TPSA) is 49.3 Å². The SMILES string of the molecule is CC(C)c1snnc1C(=O)N1CCC[C@]2(CCCN2Cc2cc(F)ccc2F)CC1. The number of carbonyl (C=O) groups excluding carboxylic acids is 1. The van der Waals surface area contributed by atoms with Gasteiger partial charge in [0.05, 0.1) is 4.88 Å². The molecule has 1 atom stereocenters. The summed E-state index contributed by atoms with van der Waals surface area (Å²) in [6.07, 6.45) is 4.76. The average Bonchev–Trinajstić information content (AvgIpc) is 3.29. The van der Waals surface area contributed by atoms with Crippen molar-refractivity contribution in [3.05, 3.63) is 46.0 Å². The zero-order chi connectivity index (χ0) is 21.3. The van der Waals surface area contributed by atoms with Gasteiger partial charge in [0.25, 0.3) is 5.91 Å². The Morgan fingerprint density at radius 1 is 1.17 bits per heavy atom. The van der Waals surface area contributed by atoms with Crippen molar-refractivity contribution in [1.82, 2.24) is 19.4 Å². The lowest BCUT2D eigenvalue weighted by molar-refractivity contribution is 0.0730. The van der Waals surface area contributed by atoms with Gasteiger partial charge in [-0.15, -0.1) is 5.10 Å². The molecule has 2 fully saturated rings. The van der Waals surface area contributed by atoms with Crippen LogP contribution in [0.1, 0.15) is 72.8 Å². The van der Waals surface area contributed by atoms with Crippen LogP contribution in [0.2, 0.25) is 0 Å². The minimum atomic E-state index is -0.407. The van der Waals surface area contributed by atoms with Crippen LogP contribution in [0.5, 0.6) is 0 Å². The van der Waals surface area contributed by atoms with Crippen LogP contribution in [0.4, 0.5) is 8.78 Å². The summed E-state index contributed by atoms with van der Waals surface area (Å²) >= 11 is 1.30. The summed E-state index contributed by atoms with van der Waals surface area (Å²) in [6.45, 7) is 6.72. The highest BCUT2D eigenvalue weighted by Crippen LogP contribution is 2.40. The maximum absolute atomic E-state index is 14.2. The summed E-state index contributed by atoms with van der Waals surface area (Å²) in [6, 6.07) is 3.66. The van der Waals surface area contributed by atoms with Gasteiger partial charge in [-0.2, -0.15) is 0 Å². The third kappa shape index (κ3) is 4.12. The largest absolute Gasteiger partial charge is 0.337 e. The number of amides is 1. The van der Waals surface area contributed by atoms with E-state index in [1.807, 2.05) is 18.7 Å². The minimum Gasteiger partial charge on any atom is -0.337 e. The fourth-order valence-electron chi connectivity index (χ4n) is 4.93. The second kappa shape index (κ2) is 8.67. The van der Waals surface area contributed by atoms with E-state index in [9.17, 15) is 13.6 Å². The van der Waals surface area contributed by atoms with E-state index >= 15 is 0 Å². The fraction of sp³-hybridized carbons (Fsp3) is 0.591. The first-order valence-corrected chi connectivity index (χ1v) is 11.5. The molecule has 1 amide bonds. The van der Waals surface area contributed by atoms with Crippen LogP contribution in [0.3, 0.4) is 0 Å². The predicted octanol–water partition coefficient (Wildman–Crippen LogP) is 4.60. The summed E-state index contributed by atoms with van der Waals surface area (Å²) in [5, 5.41) is 4.11. The number of benzene rings is 1. The Balaban J connectivity index is 1.49. The zero-order valence-corrected chi connectivity index (χ0v) is 18.4. The molecule has 5 nitrogen and oxygen atoms in total. The second-order valence-corrected chi connectivity index (χ2v) is 9.56. The van der Waals surface area contributed by atoms with Crippen LogP contribution < -0.4 is 0 Å². The summed E-state index contributed by atoms with van der Waals surface area (Å²) in [7, 11) is 0. The molecule has 1 aromatic carbocycles. The molecule has 2 aromatic rings. The molecule has 0 bridgehead atoms. The first kappa shape index (κ1) is 21.3. The van der Waals surface area contributed by atoms with Gasteiger partial charge in [0, 0.05) is 30.7 Å². The van der Waals surface area contributed by atoms with Crippen LogP contribution in [0.25, 0.3) is 0 Å². The predicted molar refractivity (Wildman–Crippen MR) is 112 cm³/mol. The Bertz CT molecular complexity index is 918. The number of hydrogen-bond donors (Lipinski definition) is 0. The molecule has 30 heavy (non-hydrogen) atoms. The Kier molecular flexibility index (Phi) is 6.16. The lowest BCUT2D eigenvalue weighted by Crippen LogP contribution is -2.44. The van der Waals surface area contributed by atoms with Gasteiger partial charge >= 0.3 is 0 Å². The molecule has 3 heterocycles. The van der Waals surface area contributed by atoms with E-state index in [0.717, 1.165) is 49.6 Å². The Labute approximate surface area is 180 Å². The smallest absolute Gasteiger partial charge is 0.275 e. The summed E-state index contributed by atoms with van der Waals surface area (Å²) < 4.78 is 31.9. The van der Waals surface area contributed by atoms with Crippen LogP contribution in [-0.4, -0.2) is 50.5 Å². The lowest BCUT2D eigenvalue weighted by atomic mass is 9.87. The van der Waals surface area contributed by atoms with Crippen molar-refractivity contribution in [1.29, 1.82) is 0 Å². The summed E-state index contributed by atoms with van der Waals surface area (Å²) in [4.78, 5) is 18.3. The summed E-state index contributed by atoms with van der Waals surface area (Å²) in [5.74, 6) is -0.588. The van der Waals surface area contributed by atoms with E-state index in [-0.39, 0.29) is 23.2 Å². The Hall–Kier alpha value is -1.93. The van der Waals surface area contributed by atoms with Crippen LogP contribution >= 0.6 is 11.5 Å². The van der Waals surface area contributed by atoms with Crippen LogP contribution in [-0.2, 0) is 6.54 Å². The number of hydrogen-bond acceptors (Lipinski definition) is 5. The standard InChI is InChI=1S/C22H28F2N4OS/c1-15(2)20-19(25-26-30-20)21(29)27-10-3-7-22(9-12-27)8-4-11-28(22)14-16-13-17(23)5-6-18(16)24/h5-6,13,15H,3-4,7-12,14H2,1-2H3/t22-/m0/s1. The molecule has 0 saturated carbocycles. The molecule has 2 saturated heterocycles. The van der Waals surface area contributed by atoms with Crippen molar-refractivity contribution in [2.24, 2.45) is 0 Å². The number of likely N-dealkylation sites (tertiary alicyclic amines) is 2. The maximum Gasteiger partial charge on any atom is 0.275 e. The highest BCUT2D eigenvalue weighted by atomic mass is 32.1. The molecule has 4 rings (SSSR count). The van der Waals surface area contributed by atoms with Gasteiger partial charge < -0.3 is 4.90 Å². The van der Waals surface area contributed by atoms with Crippen molar-refractivity contribution in [3.63, 3.8) is 0 Å². The van der Waals surface area contributed by atoms with Crippen molar-refractivity contribution < 1.29 is 13.6 Å². The number of carbonyl (C=O) groups is 1. The van der Waals surface area contributed by atoms with E-state index in [1.165, 1.54) is 23.7 Å². The number of halogens is 2. The molecule has 1 spiro atoms. The van der Waals surface area contributed by atoms with E-state index in [0.29, 0.717) is 30.9 Å². The molecule has 0 N–H and O–H groups in total. The lowest BCUT2D eigenvalue weighted by Gasteiger charge is -2.38. The molecule has 2 aliphatic heterocycles. The number of rotatable bonds is 4. The molecule has 1 aromatic heterocycles. The summed E-state index contributed by atoms with van der Waals surface area (Å²) in [5.41, 5.74) is 0.828. The van der Waals surface area contributed by atoms with E-state index < -0.39 is 5.82 Å². The van der Waals surface area contributed by atoms with Crippen LogP contribution in [0.15, 0.2) is 18.2 Å². The van der Waals surface area contributed by atoms with Gasteiger partial charge in [0.1, 0.15) is 11.6 Å². The number of nitrogens with zero attached hydrogens (tertiary/aromatic N) is 4. The molecule has 8 heteroatoms. The quantitative estimate of drug-likeness (QED) is 0.706. The van der Waals surface area contributed by atoms with Gasteiger partial charge in [-0.3, -0.25) is 9.69 Å². The van der Waals surface area contributed by atoms with Gasteiger partial charge in [0.2, 0.25) is 0 Å². The van der Waals surface area contributed by atoms with E-state index in [1.54, 1.807) is 0 Å². The molecule has 0 unspecified atom stereocenters. The van der Waals surface area contributed by atoms with Gasteiger partial charge in [0.15, 0.2) is 5.69 Å². The molecular formula is C22H28F2N4OS. The molecule has 0 radical (unpaired) electrons. The normalized spacial score (nSPS) is 22.8. The molecular weight excluding hydrogens is 406 g/mol. The first-order chi connectivity index (χ1) is 14.4. The third-order valence-corrected chi connectivity index (χ3v) is 7.58. The third-order valence-electron chi connectivity index (χ3n) is 6.55. The van der Waals surface area contributed by atoms with Crippen molar-refractivity contribution >= 4 is 17.4 Å². The van der Waals surface area contributed by atoms with Gasteiger partial charge in [-0.25, -0.2) is 8.78 Å². The van der Waals surface area contributed by atoms with Crippen molar-refractivity contribution in [2.45, 2.75) is 64.0 Å². The monoisotopic (exact) mass is 434 g/mol. The Morgan fingerprint density at radius 3 is 2.70 bits per heavy atom. The van der Waals surface area contributed by atoms with Crippen molar-refractivity contribution in [3.8, 4) is 0 Å². The second-order valence-electron chi connectivity index (χ2n) is 8.77. The van der Waals surface area contributed by atoms with Crippen LogP contribution in [0, 0.1) is 11.6 Å². The highest BCUT2D eigenvalue weighted by Gasteiger charge is 2.42. The zero-order valence-electron chi connectivity index (χ0n) is 17.5. The highest BCUT2D eigenvalue weighted by molar-refractivity contribution is 7.05. The minimum absolute atomic E-state index is 0.0368. The van der Waals surface area contributed by atoms with E-state index in [2.05, 4.69) is 14.5 Å². The number of aromatic nitrogens is 2. The molecule has 0 aliphatic carbocycles. The average molecular weight is 435 g/mol. The van der Waals surface area contributed by atoms with Gasteiger partial charge in [-0.1, -0.05) is 18.3 Å². The van der Waals surface area contributed by atoms with E-state index in [4.69, 9.17) is 0 Å². The maximum atomic E-state index is 14.2. The van der Waals surface area contributed by atoms with Crippen molar-refractivity contribution in [2.75, 3.05) is 19.6 Å². The fourth-order valence-corrected chi connectivity index (χ4v) is 5.57.